The molecule has 0 aliphatic carbocycles. The van der Waals surface area contributed by atoms with Crippen molar-refractivity contribution in [1.29, 1.82) is 0 Å². The van der Waals surface area contributed by atoms with Crippen LogP contribution in [0.4, 0.5) is 0 Å². The van der Waals surface area contributed by atoms with Crippen molar-refractivity contribution < 1.29 is 9.53 Å². The third kappa shape index (κ3) is 2.55. The molecule has 1 fully saturated rings. The fourth-order valence-corrected chi connectivity index (χ4v) is 2.97. The molecule has 0 radical (unpaired) electrons. The molecular formula is C14H16O2S. The lowest BCUT2D eigenvalue weighted by Gasteiger charge is -2.22. The smallest absolute Gasteiger partial charge is 0.320 e. The topological polar surface area (TPSA) is 26.3 Å². The number of hydrogen-bond acceptors (Lipinski definition) is 3. The predicted octanol–water partition coefficient (Wildman–Crippen LogP) is 3.43. The lowest BCUT2D eigenvalue weighted by molar-refractivity contribution is -0.144. The van der Waals surface area contributed by atoms with E-state index in [1.807, 2.05) is 44.2 Å². The van der Waals surface area contributed by atoms with Crippen molar-refractivity contribution in [2.24, 2.45) is 0 Å². The highest BCUT2D eigenvalue weighted by Crippen LogP contribution is 2.40. The average molecular weight is 248 g/mol. The normalized spacial score (nSPS) is 27.9. The molecule has 2 unspecified atom stereocenters. The van der Waals surface area contributed by atoms with Crippen LogP contribution in [0.5, 0.6) is 0 Å². The Morgan fingerprint density at radius 3 is 2.65 bits per heavy atom. The Hall–Kier alpha value is -1.22. The zero-order valence-electron chi connectivity index (χ0n) is 10.1. The van der Waals surface area contributed by atoms with Crippen LogP contribution >= 0.6 is 11.8 Å². The highest BCUT2D eigenvalue weighted by atomic mass is 32.2. The van der Waals surface area contributed by atoms with Gasteiger partial charge in [-0.15, -0.1) is 11.8 Å². The molecule has 1 heterocycles. The van der Waals surface area contributed by atoms with Crippen LogP contribution in [-0.4, -0.2) is 16.8 Å². The van der Waals surface area contributed by atoms with Crippen molar-refractivity contribution in [3.8, 4) is 0 Å². The minimum absolute atomic E-state index is 0.126. The minimum atomic E-state index is -0.496. The van der Waals surface area contributed by atoms with E-state index in [1.54, 1.807) is 11.8 Å². The lowest BCUT2D eigenvalue weighted by Crippen LogP contribution is -2.24. The number of carbonyl (C=O) groups is 1. The summed E-state index contributed by atoms with van der Waals surface area (Å²) < 4.78 is 5.44. The van der Waals surface area contributed by atoms with Gasteiger partial charge in [0.25, 0.3) is 0 Å². The molecule has 0 bridgehead atoms. The summed E-state index contributed by atoms with van der Waals surface area (Å²) in [6, 6.07) is 9.93. The molecule has 2 nitrogen and oxygen atoms in total. The van der Waals surface area contributed by atoms with Gasteiger partial charge >= 0.3 is 5.97 Å². The second-order valence-corrected chi connectivity index (χ2v) is 5.83. The average Bonchev–Trinajstić information content (AvgIpc) is 2.57. The standard InChI is InChI=1S/C14H16O2S/c1-10(2)14(3)9-12(13(15)16-14)17-11-7-5-4-6-8-11/h4-8,12H,1,9H2,2-3H3. The molecule has 2 rings (SSSR count). The van der Waals surface area contributed by atoms with Crippen LogP contribution in [-0.2, 0) is 9.53 Å². The first-order valence-electron chi connectivity index (χ1n) is 5.62. The molecule has 17 heavy (non-hydrogen) atoms. The van der Waals surface area contributed by atoms with Crippen LogP contribution in [0, 0.1) is 0 Å². The molecule has 1 aliphatic rings. The van der Waals surface area contributed by atoms with E-state index in [0.29, 0.717) is 6.42 Å². The van der Waals surface area contributed by atoms with Crippen LogP contribution in [0.3, 0.4) is 0 Å². The lowest BCUT2D eigenvalue weighted by atomic mass is 9.95. The number of carbonyl (C=O) groups excluding carboxylic acids is 1. The summed E-state index contributed by atoms with van der Waals surface area (Å²) in [5.74, 6) is -0.135. The number of benzene rings is 1. The first-order valence-corrected chi connectivity index (χ1v) is 6.50. The van der Waals surface area contributed by atoms with Gasteiger partial charge in [-0.2, -0.15) is 0 Å². The van der Waals surface area contributed by atoms with Crippen molar-refractivity contribution >= 4 is 17.7 Å². The summed E-state index contributed by atoms with van der Waals surface area (Å²) >= 11 is 1.56. The van der Waals surface area contributed by atoms with Gasteiger partial charge in [0.15, 0.2) is 0 Å². The molecule has 90 valence electrons. The van der Waals surface area contributed by atoms with Crippen molar-refractivity contribution in [2.45, 2.75) is 36.0 Å². The van der Waals surface area contributed by atoms with E-state index in [0.717, 1.165) is 10.5 Å². The van der Waals surface area contributed by atoms with Gasteiger partial charge < -0.3 is 4.74 Å². The van der Waals surface area contributed by atoms with Gasteiger partial charge in [0.1, 0.15) is 10.9 Å². The number of thioether (sulfide) groups is 1. The summed E-state index contributed by atoms with van der Waals surface area (Å²) in [5, 5.41) is -0.126. The summed E-state index contributed by atoms with van der Waals surface area (Å²) in [5.41, 5.74) is 0.408. The summed E-state index contributed by atoms with van der Waals surface area (Å²) in [7, 11) is 0. The fourth-order valence-electron chi connectivity index (χ4n) is 1.78. The van der Waals surface area contributed by atoms with Crippen molar-refractivity contribution in [1.82, 2.24) is 0 Å². The number of hydrogen-bond donors (Lipinski definition) is 0. The van der Waals surface area contributed by atoms with Crippen LogP contribution in [0.2, 0.25) is 0 Å². The molecule has 3 heteroatoms. The Kier molecular flexibility index (Phi) is 3.29. The summed E-state index contributed by atoms with van der Waals surface area (Å²) in [6.45, 7) is 7.73. The predicted molar refractivity (Wildman–Crippen MR) is 70.0 cm³/mol. The van der Waals surface area contributed by atoms with Gasteiger partial charge in [0, 0.05) is 11.3 Å². The second kappa shape index (κ2) is 4.57. The zero-order chi connectivity index (χ0) is 12.5. The molecule has 1 saturated heterocycles. The largest absolute Gasteiger partial charge is 0.454 e. The van der Waals surface area contributed by atoms with E-state index in [4.69, 9.17) is 4.74 Å². The maximum atomic E-state index is 11.8. The monoisotopic (exact) mass is 248 g/mol. The fraction of sp³-hybridized carbons (Fsp3) is 0.357. The minimum Gasteiger partial charge on any atom is -0.454 e. The molecule has 0 saturated carbocycles. The van der Waals surface area contributed by atoms with E-state index in [9.17, 15) is 4.79 Å². The molecule has 1 aromatic carbocycles. The molecular weight excluding hydrogens is 232 g/mol. The van der Waals surface area contributed by atoms with Gasteiger partial charge in [-0.3, -0.25) is 4.79 Å². The maximum Gasteiger partial charge on any atom is 0.320 e. The molecule has 0 amide bonds. The molecule has 1 aromatic rings. The maximum absolute atomic E-state index is 11.8. The third-order valence-electron chi connectivity index (χ3n) is 3.09. The summed E-state index contributed by atoms with van der Waals surface area (Å²) in [4.78, 5) is 12.9. The molecule has 1 aliphatic heterocycles. The van der Waals surface area contributed by atoms with Gasteiger partial charge in [0.2, 0.25) is 0 Å². The summed E-state index contributed by atoms with van der Waals surface area (Å²) in [6.07, 6.45) is 0.695. The molecule has 0 spiro atoms. The highest BCUT2D eigenvalue weighted by molar-refractivity contribution is 8.00. The first-order chi connectivity index (χ1) is 8.01. The Balaban J connectivity index is 2.09. The Bertz CT molecular complexity index is 441. The second-order valence-electron chi connectivity index (χ2n) is 4.56. The molecule has 2 atom stereocenters. The molecule has 0 N–H and O–H groups in total. The number of rotatable bonds is 3. The van der Waals surface area contributed by atoms with Gasteiger partial charge in [-0.05, 0) is 31.6 Å². The van der Waals surface area contributed by atoms with Crippen molar-refractivity contribution in [3.63, 3.8) is 0 Å². The SMILES string of the molecule is C=C(C)C1(C)CC(Sc2ccccc2)C(=O)O1. The van der Waals surface area contributed by atoms with Gasteiger partial charge in [-0.1, -0.05) is 24.8 Å². The number of esters is 1. The first kappa shape index (κ1) is 12.2. The van der Waals surface area contributed by atoms with Gasteiger partial charge in [-0.25, -0.2) is 0 Å². The number of ether oxygens (including phenoxy) is 1. The van der Waals surface area contributed by atoms with E-state index in [2.05, 4.69) is 6.58 Å². The van der Waals surface area contributed by atoms with Crippen molar-refractivity contribution in [3.05, 3.63) is 42.5 Å². The van der Waals surface area contributed by atoms with E-state index in [1.165, 1.54) is 0 Å². The Labute approximate surface area is 106 Å². The van der Waals surface area contributed by atoms with Crippen LogP contribution in [0.25, 0.3) is 0 Å². The van der Waals surface area contributed by atoms with E-state index >= 15 is 0 Å². The Morgan fingerprint density at radius 1 is 1.47 bits per heavy atom. The third-order valence-corrected chi connectivity index (χ3v) is 4.28. The van der Waals surface area contributed by atoms with Gasteiger partial charge in [0.05, 0.1) is 0 Å². The van der Waals surface area contributed by atoms with Crippen LogP contribution in [0.15, 0.2) is 47.4 Å². The van der Waals surface area contributed by atoms with Crippen LogP contribution < -0.4 is 0 Å². The number of cyclic esters (lactones) is 1. The highest BCUT2D eigenvalue weighted by Gasteiger charge is 2.44. The van der Waals surface area contributed by atoms with E-state index < -0.39 is 5.60 Å². The molecule has 0 aromatic heterocycles. The van der Waals surface area contributed by atoms with Crippen LogP contribution in [0.1, 0.15) is 20.3 Å². The van der Waals surface area contributed by atoms with Crippen molar-refractivity contribution in [2.75, 3.05) is 0 Å². The van der Waals surface area contributed by atoms with E-state index in [-0.39, 0.29) is 11.2 Å². The zero-order valence-corrected chi connectivity index (χ0v) is 10.9. The quantitative estimate of drug-likeness (QED) is 0.605. The Morgan fingerprint density at radius 2 is 2.12 bits per heavy atom.